The summed E-state index contributed by atoms with van der Waals surface area (Å²) in [6.45, 7) is 2.53. The Morgan fingerprint density at radius 1 is 1.13 bits per heavy atom. The predicted molar refractivity (Wildman–Crippen MR) is 118 cm³/mol. The van der Waals surface area contributed by atoms with E-state index in [9.17, 15) is 9.90 Å². The summed E-state index contributed by atoms with van der Waals surface area (Å²) in [6, 6.07) is 16.8. The van der Waals surface area contributed by atoms with E-state index in [2.05, 4.69) is 10.3 Å². The minimum atomic E-state index is -1.63. The van der Waals surface area contributed by atoms with Crippen LogP contribution < -0.4 is 4.90 Å². The summed E-state index contributed by atoms with van der Waals surface area (Å²) in [5.74, 6) is -0.766. The lowest BCUT2D eigenvalue weighted by atomic mass is 9.83. The molecule has 0 radical (unpaired) electrons. The van der Waals surface area contributed by atoms with Gasteiger partial charge in [0.05, 0.1) is 11.4 Å². The Labute approximate surface area is 181 Å². The first-order valence-electron chi connectivity index (χ1n) is 10.4. The molecule has 2 atom stereocenters. The minimum absolute atomic E-state index is 0.0458. The summed E-state index contributed by atoms with van der Waals surface area (Å²) in [4.78, 5) is 15.0. The van der Waals surface area contributed by atoms with E-state index in [4.69, 9.17) is 5.11 Å². The molecular formula is C24H26N4O3. The normalized spacial score (nSPS) is 19.2. The molecule has 160 valence electrons. The molecular weight excluding hydrogens is 392 g/mol. The number of hydrogen-bond acceptors (Lipinski definition) is 5. The van der Waals surface area contributed by atoms with Gasteiger partial charge in [-0.2, -0.15) is 0 Å². The van der Waals surface area contributed by atoms with Crippen LogP contribution in [0.4, 0.5) is 11.4 Å². The van der Waals surface area contributed by atoms with Crippen LogP contribution in [0.3, 0.4) is 0 Å². The smallest absolute Gasteiger partial charge is 0.268 e. The maximum atomic E-state index is 13.4. The number of carbonyl (C=O) groups excluding carboxylic acids is 1. The number of allylic oxidation sites excluding steroid dienone is 1. The van der Waals surface area contributed by atoms with E-state index in [1.54, 1.807) is 9.58 Å². The van der Waals surface area contributed by atoms with Gasteiger partial charge >= 0.3 is 0 Å². The second-order valence-corrected chi connectivity index (χ2v) is 7.71. The van der Waals surface area contributed by atoms with E-state index in [1.807, 2.05) is 79.9 Å². The molecule has 0 saturated heterocycles. The van der Waals surface area contributed by atoms with E-state index < -0.39 is 11.5 Å². The van der Waals surface area contributed by atoms with Crippen molar-refractivity contribution >= 4 is 17.3 Å². The standard InChI is InChI=1S/C24H26N4O3/c1-18(9-7-8-15-27-17-19(14-16-29)25-26-27)24(31)21-12-5-6-13-22(21)28(23(24)30)20-10-3-2-4-11-20/h2-7,9-13,17-18,29,31H,8,14-16H2,1H3/b9-7+/t18-,24+/m1/s1. The van der Waals surface area contributed by atoms with E-state index >= 15 is 0 Å². The van der Waals surface area contributed by atoms with Crippen molar-refractivity contribution in [3.8, 4) is 0 Å². The molecule has 0 aliphatic carbocycles. The van der Waals surface area contributed by atoms with Gasteiger partial charge < -0.3 is 10.2 Å². The summed E-state index contributed by atoms with van der Waals surface area (Å²) in [6.07, 6.45) is 6.82. The number of rotatable bonds is 8. The molecule has 7 nitrogen and oxygen atoms in total. The summed E-state index contributed by atoms with van der Waals surface area (Å²) < 4.78 is 1.72. The van der Waals surface area contributed by atoms with Gasteiger partial charge in [0.1, 0.15) is 0 Å². The largest absolute Gasteiger partial charge is 0.396 e. The van der Waals surface area contributed by atoms with Crippen molar-refractivity contribution in [2.24, 2.45) is 5.92 Å². The third-order valence-corrected chi connectivity index (χ3v) is 5.66. The van der Waals surface area contributed by atoms with Crippen molar-refractivity contribution < 1.29 is 15.0 Å². The van der Waals surface area contributed by atoms with Crippen LogP contribution in [0.15, 0.2) is 72.9 Å². The lowest BCUT2D eigenvalue weighted by Crippen LogP contribution is -2.42. The fourth-order valence-corrected chi connectivity index (χ4v) is 3.98. The lowest BCUT2D eigenvalue weighted by Gasteiger charge is -2.27. The molecule has 2 aromatic carbocycles. The maximum Gasteiger partial charge on any atom is 0.268 e. The summed E-state index contributed by atoms with van der Waals surface area (Å²) >= 11 is 0. The summed E-state index contributed by atoms with van der Waals surface area (Å²) in [7, 11) is 0. The minimum Gasteiger partial charge on any atom is -0.396 e. The van der Waals surface area contributed by atoms with Gasteiger partial charge in [-0.25, -0.2) is 0 Å². The zero-order valence-corrected chi connectivity index (χ0v) is 17.4. The number of hydrogen-bond donors (Lipinski definition) is 2. The van der Waals surface area contributed by atoms with Gasteiger partial charge in [0.15, 0.2) is 5.60 Å². The van der Waals surface area contributed by atoms with Crippen molar-refractivity contribution in [3.05, 3.63) is 84.2 Å². The van der Waals surface area contributed by atoms with Crippen LogP contribution in [-0.4, -0.2) is 37.7 Å². The van der Waals surface area contributed by atoms with Gasteiger partial charge in [-0.3, -0.25) is 14.4 Å². The monoisotopic (exact) mass is 418 g/mol. The highest BCUT2D eigenvalue weighted by atomic mass is 16.3. The zero-order valence-electron chi connectivity index (χ0n) is 17.4. The Morgan fingerprint density at radius 2 is 1.87 bits per heavy atom. The van der Waals surface area contributed by atoms with Crippen molar-refractivity contribution in [1.29, 1.82) is 0 Å². The highest BCUT2D eigenvalue weighted by Gasteiger charge is 2.52. The van der Waals surface area contributed by atoms with Crippen molar-refractivity contribution in [2.75, 3.05) is 11.5 Å². The molecule has 2 N–H and O–H groups in total. The topological polar surface area (TPSA) is 91.5 Å². The molecule has 1 aliphatic heterocycles. The third kappa shape index (κ3) is 3.89. The number of amides is 1. The highest BCUT2D eigenvalue weighted by molar-refractivity contribution is 6.12. The van der Waals surface area contributed by atoms with Gasteiger partial charge in [0.2, 0.25) is 0 Å². The number of benzene rings is 2. The van der Waals surface area contributed by atoms with Crippen LogP contribution in [-0.2, 0) is 23.4 Å². The van der Waals surface area contributed by atoms with E-state index in [0.717, 1.165) is 11.4 Å². The molecule has 2 heterocycles. The molecule has 0 bridgehead atoms. The fourth-order valence-electron chi connectivity index (χ4n) is 3.98. The van der Waals surface area contributed by atoms with Crippen LogP contribution in [0.2, 0.25) is 0 Å². The average molecular weight is 418 g/mol. The number of aliphatic hydroxyl groups is 2. The van der Waals surface area contributed by atoms with Crippen molar-refractivity contribution in [1.82, 2.24) is 15.0 Å². The molecule has 0 unspecified atom stereocenters. The van der Waals surface area contributed by atoms with Gasteiger partial charge in [-0.1, -0.05) is 60.7 Å². The summed E-state index contributed by atoms with van der Waals surface area (Å²) in [5, 5.41) is 28.6. The molecule has 4 rings (SSSR count). The molecule has 1 aromatic heterocycles. The van der Waals surface area contributed by atoms with Crippen molar-refractivity contribution in [2.45, 2.75) is 31.9 Å². The number of fused-ring (bicyclic) bond motifs is 1. The van der Waals surface area contributed by atoms with E-state index in [-0.39, 0.29) is 12.5 Å². The van der Waals surface area contributed by atoms with Crippen LogP contribution >= 0.6 is 0 Å². The molecule has 31 heavy (non-hydrogen) atoms. The van der Waals surface area contributed by atoms with E-state index in [0.29, 0.717) is 30.6 Å². The Morgan fingerprint density at radius 3 is 2.65 bits per heavy atom. The first-order valence-corrected chi connectivity index (χ1v) is 10.4. The number of aryl methyl sites for hydroxylation is 1. The average Bonchev–Trinajstić information content (AvgIpc) is 3.33. The molecule has 0 saturated carbocycles. The second-order valence-electron chi connectivity index (χ2n) is 7.71. The Kier molecular flexibility index (Phi) is 5.97. The third-order valence-electron chi connectivity index (χ3n) is 5.66. The first kappa shape index (κ1) is 21.0. The molecule has 3 aromatic rings. The van der Waals surface area contributed by atoms with Gasteiger partial charge in [-0.15, -0.1) is 5.10 Å². The summed E-state index contributed by atoms with van der Waals surface area (Å²) in [5.41, 5.74) is 1.18. The highest BCUT2D eigenvalue weighted by Crippen LogP contribution is 2.47. The molecule has 1 aliphatic rings. The van der Waals surface area contributed by atoms with Crippen LogP contribution in [0.1, 0.15) is 24.6 Å². The number of carbonyl (C=O) groups is 1. The van der Waals surface area contributed by atoms with Crippen LogP contribution in [0.5, 0.6) is 0 Å². The molecule has 7 heteroatoms. The Hall–Kier alpha value is -3.29. The zero-order chi connectivity index (χ0) is 21.8. The number of para-hydroxylation sites is 2. The van der Waals surface area contributed by atoms with E-state index in [1.165, 1.54) is 0 Å². The van der Waals surface area contributed by atoms with Gasteiger partial charge in [-0.05, 0) is 24.6 Å². The molecule has 0 spiro atoms. The van der Waals surface area contributed by atoms with Gasteiger partial charge in [0, 0.05) is 42.9 Å². The second kappa shape index (κ2) is 8.83. The number of aliphatic hydroxyl groups excluding tert-OH is 1. The lowest BCUT2D eigenvalue weighted by molar-refractivity contribution is -0.138. The Bertz CT molecular complexity index is 1080. The number of anilines is 2. The quantitative estimate of drug-likeness (QED) is 0.549. The van der Waals surface area contributed by atoms with Gasteiger partial charge in [0.25, 0.3) is 5.91 Å². The SMILES string of the molecule is C[C@H](/C=C/CCn1cc(CCO)nn1)[C@@]1(O)C(=O)N(c2ccccc2)c2ccccc21. The molecule has 0 fully saturated rings. The number of nitrogens with zero attached hydrogens (tertiary/aromatic N) is 4. The van der Waals surface area contributed by atoms with Crippen LogP contribution in [0, 0.1) is 5.92 Å². The predicted octanol–water partition coefficient (Wildman–Crippen LogP) is 2.96. The van der Waals surface area contributed by atoms with Crippen LogP contribution in [0.25, 0.3) is 0 Å². The molecule has 1 amide bonds. The fraction of sp³-hybridized carbons (Fsp3) is 0.292. The van der Waals surface area contributed by atoms with Crippen molar-refractivity contribution in [3.63, 3.8) is 0 Å². The first-order chi connectivity index (χ1) is 15.1. The number of aromatic nitrogens is 3. The maximum absolute atomic E-state index is 13.4. The Balaban J connectivity index is 1.52.